The predicted octanol–water partition coefficient (Wildman–Crippen LogP) is 3.80. The van der Waals surface area contributed by atoms with Gasteiger partial charge in [0.25, 0.3) is 15.9 Å². The Balaban J connectivity index is 1.78. The standard InChI is InChI=1S/C24H20N2O6S/c1-32-26(33(30,31)17-13-10-16(11-14-17)12-15-22(27)28)24(29)23-18-6-2-4-8-20(18)25-21-9-5-3-7-19(21)23/h2-11,13-14H,12,15H2,1H3,(H,27,28). The van der Waals surface area contributed by atoms with Gasteiger partial charge in [0.05, 0.1) is 28.6 Å². The summed E-state index contributed by atoms with van der Waals surface area (Å²) < 4.78 is 27.0. The molecule has 0 aliphatic carbocycles. The number of para-hydroxylation sites is 2. The molecule has 0 radical (unpaired) electrons. The molecule has 0 atom stereocenters. The number of pyridine rings is 1. The number of fused-ring (bicyclic) bond motifs is 2. The smallest absolute Gasteiger partial charge is 0.303 e. The lowest BCUT2D eigenvalue weighted by atomic mass is 10.0. The SMILES string of the molecule is CON(C(=O)c1c2ccccc2nc2ccccc12)S(=O)(=O)c1ccc(CCC(=O)O)cc1. The van der Waals surface area contributed by atoms with E-state index in [4.69, 9.17) is 9.94 Å². The van der Waals surface area contributed by atoms with Crippen molar-refractivity contribution < 1.29 is 28.0 Å². The fourth-order valence-corrected chi connectivity index (χ4v) is 4.80. The van der Waals surface area contributed by atoms with E-state index < -0.39 is 21.9 Å². The van der Waals surface area contributed by atoms with E-state index in [1.165, 1.54) is 24.3 Å². The van der Waals surface area contributed by atoms with Crippen molar-refractivity contribution in [2.75, 3.05) is 7.11 Å². The first-order valence-corrected chi connectivity index (χ1v) is 11.5. The molecular formula is C24H20N2O6S. The van der Waals surface area contributed by atoms with Gasteiger partial charge in [-0.05, 0) is 36.2 Å². The van der Waals surface area contributed by atoms with Gasteiger partial charge in [-0.1, -0.05) is 48.5 Å². The number of hydrogen-bond donors (Lipinski definition) is 1. The number of benzene rings is 3. The van der Waals surface area contributed by atoms with Crippen molar-refractivity contribution >= 4 is 43.7 Å². The molecule has 1 heterocycles. The van der Waals surface area contributed by atoms with Crippen LogP contribution in [-0.2, 0) is 26.1 Å². The molecule has 0 saturated heterocycles. The molecule has 0 spiro atoms. The number of aromatic nitrogens is 1. The molecule has 33 heavy (non-hydrogen) atoms. The minimum atomic E-state index is -4.36. The Bertz CT molecular complexity index is 1410. The number of carbonyl (C=O) groups is 2. The van der Waals surface area contributed by atoms with Gasteiger partial charge in [0.1, 0.15) is 0 Å². The summed E-state index contributed by atoms with van der Waals surface area (Å²) in [5, 5.41) is 9.83. The van der Waals surface area contributed by atoms with Crippen molar-refractivity contribution in [3.63, 3.8) is 0 Å². The average Bonchev–Trinajstić information content (AvgIpc) is 2.81. The molecular weight excluding hydrogens is 444 g/mol. The van der Waals surface area contributed by atoms with Crippen molar-refractivity contribution in [3.05, 3.63) is 83.9 Å². The monoisotopic (exact) mass is 464 g/mol. The van der Waals surface area contributed by atoms with Crippen LogP contribution >= 0.6 is 0 Å². The van der Waals surface area contributed by atoms with Gasteiger partial charge in [-0.25, -0.2) is 4.98 Å². The number of hydrogen-bond acceptors (Lipinski definition) is 6. The van der Waals surface area contributed by atoms with Crippen LogP contribution in [0, 0.1) is 0 Å². The van der Waals surface area contributed by atoms with Crippen LogP contribution in [0.1, 0.15) is 22.3 Å². The van der Waals surface area contributed by atoms with Crippen LogP contribution in [-0.4, -0.2) is 42.0 Å². The van der Waals surface area contributed by atoms with Crippen molar-refractivity contribution in [1.82, 2.24) is 9.45 Å². The fourth-order valence-electron chi connectivity index (χ4n) is 3.63. The second-order valence-electron chi connectivity index (χ2n) is 7.28. The van der Waals surface area contributed by atoms with Crippen LogP contribution in [0.3, 0.4) is 0 Å². The molecule has 0 saturated carbocycles. The maximum Gasteiger partial charge on any atom is 0.303 e. The number of nitrogens with zero attached hydrogens (tertiary/aromatic N) is 2. The molecule has 4 rings (SSSR count). The van der Waals surface area contributed by atoms with Crippen molar-refractivity contribution in [1.29, 1.82) is 0 Å². The molecule has 9 heteroatoms. The first kappa shape index (κ1) is 22.4. The lowest BCUT2D eigenvalue weighted by Gasteiger charge is -2.21. The van der Waals surface area contributed by atoms with E-state index in [2.05, 4.69) is 4.98 Å². The molecule has 0 bridgehead atoms. The molecule has 0 aliphatic heterocycles. The Morgan fingerprint density at radius 3 is 1.97 bits per heavy atom. The Kier molecular flexibility index (Phi) is 6.08. The summed E-state index contributed by atoms with van der Waals surface area (Å²) in [4.78, 5) is 33.9. The van der Waals surface area contributed by atoms with E-state index in [9.17, 15) is 18.0 Å². The number of carboxylic acid groups (broad SMARTS) is 1. The molecule has 0 aliphatic rings. The summed E-state index contributed by atoms with van der Waals surface area (Å²) in [5.74, 6) is -1.79. The average molecular weight is 464 g/mol. The van der Waals surface area contributed by atoms with E-state index >= 15 is 0 Å². The van der Waals surface area contributed by atoms with Gasteiger partial charge < -0.3 is 5.11 Å². The fraction of sp³-hybridized carbons (Fsp3) is 0.125. The molecule has 168 valence electrons. The third kappa shape index (κ3) is 4.28. The number of hydroxylamine groups is 1. The Labute approximate surface area is 190 Å². The van der Waals surface area contributed by atoms with Crippen molar-refractivity contribution in [2.45, 2.75) is 17.7 Å². The maximum atomic E-state index is 13.6. The summed E-state index contributed by atoms with van der Waals surface area (Å²) >= 11 is 0. The number of carboxylic acids is 1. The quantitative estimate of drug-likeness (QED) is 0.327. The Morgan fingerprint density at radius 2 is 1.45 bits per heavy atom. The second-order valence-corrected chi connectivity index (χ2v) is 9.03. The third-order valence-electron chi connectivity index (χ3n) is 5.20. The summed E-state index contributed by atoms with van der Waals surface area (Å²) in [5.41, 5.74) is 1.93. The van der Waals surface area contributed by atoms with E-state index in [0.29, 0.717) is 31.8 Å². The van der Waals surface area contributed by atoms with E-state index in [1.807, 2.05) is 0 Å². The number of amides is 1. The summed E-state index contributed by atoms with van der Waals surface area (Å²) in [6.07, 6.45) is 0.189. The molecule has 4 aromatic rings. The van der Waals surface area contributed by atoms with E-state index in [-0.39, 0.29) is 23.3 Å². The number of rotatable bonds is 7. The molecule has 1 amide bonds. The first-order chi connectivity index (χ1) is 15.8. The summed E-state index contributed by atoms with van der Waals surface area (Å²) in [6, 6.07) is 19.7. The highest BCUT2D eigenvalue weighted by Crippen LogP contribution is 2.29. The zero-order valence-electron chi connectivity index (χ0n) is 17.6. The molecule has 0 fully saturated rings. The summed E-state index contributed by atoms with van der Waals surface area (Å²) in [6.45, 7) is 0. The van der Waals surface area contributed by atoms with Gasteiger partial charge in [-0.15, -0.1) is 4.47 Å². The molecule has 3 aromatic carbocycles. The lowest BCUT2D eigenvalue weighted by molar-refractivity contribution is -0.136. The van der Waals surface area contributed by atoms with Crippen LogP contribution in [0.4, 0.5) is 0 Å². The van der Waals surface area contributed by atoms with Gasteiger partial charge >= 0.3 is 5.97 Å². The minimum Gasteiger partial charge on any atom is -0.481 e. The number of aliphatic carboxylic acids is 1. The molecule has 0 unspecified atom stereocenters. The number of sulfonamides is 1. The van der Waals surface area contributed by atoms with Crippen molar-refractivity contribution in [3.8, 4) is 0 Å². The number of aryl methyl sites for hydroxylation is 1. The molecule has 1 aromatic heterocycles. The van der Waals surface area contributed by atoms with Gasteiger partial charge in [0.15, 0.2) is 0 Å². The predicted molar refractivity (Wildman–Crippen MR) is 122 cm³/mol. The lowest BCUT2D eigenvalue weighted by Crippen LogP contribution is -2.36. The van der Waals surface area contributed by atoms with Crippen LogP contribution in [0.2, 0.25) is 0 Å². The minimum absolute atomic E-state index is 0.0725. The molecule has 1 N–H and O–H groups in total. The van der Waals surface area contributed by atoms with Crippen LogP contribution < -0.4 is 0 Å². The topological polar surface area (TPSA) is 114 Å². The largest absolute Gasteiger partial charge is 0.481 e. The third-order valence-corrected chi connectivity index (χ3v) is 6.82. The maximum absolute atomic E-state index is 13.6. The molecule has 8 nitrogen and oxygen atoms in total. The normalized spacial score (nSPS) is 11.5. The summed E-state index contributed by atoms with van der Waals surface area (Å²) in [7, 11) is -3.25. The zero-order valence-corrected chi connectivity index (χ0v) is 18.5. The Hall–Kier alpha value is -3.82. The van der Waals surface area contributed by atoms with E-state index in [1.54, 1.807) is 48.5 Å². The number of carbonyl (C=O) groups excluding carboxylic acids is 1. The van der Waals surface area contributed by atoms with Gasteiger partial charge in [-0.3, -0.25) is 14.4 Å². The highest BCUT2D eigenvalue weighted by Gasteiger charge is 2.33. The first-order valence-electron chi connectivity index (χ1n) is 10.0. The Morgan fingerprint density at radius 1 is 0.909 bits per heavy atom. The van der Waals surface area contributed by atoms with Crippen LogP contribution in [0.15, 0.2) is 77.7 Å². The van der Waals surface area contributed by atoms with Gasteiger partial charge in [0, 0.05) is 17.2 Å². The van der Waals surface area contributed by atoms with Crippen LogP contribution in [0.5, 0.6) is 0 Å². The van der Waals surface area contributed by atoms with Gasteiger partial charge in [-0.2, -0.15) is 8.42 Å². The van der Waals surface area contributed by atoms with Crippen LogP contribution in [0.25, 0.3) is 21.8 Å². The zero-order chi connectivity index (χ0) is 23.6. The second kappa shape index (κ2) is 8.97. The van der Waals surface area contributed by atoms with Crippen molar-refractivity contribution in [2.24, 2.45) is 0 Å². The van der Waals surface area contributed by atoms with Gasteiger partial charge in [0.2, 0.25) is 0 Å². The highest BCUT2D eigenvalue weighted by molar-refractivity contribution is 7.89. The van der Waals surface area contributed by atoms with E-state index in [0.717, 1.165) is 7.11 Å². The highest BCUT2D eigenvalue weighted by atomic mass is 32.2.